The number of rotatable bonds is 6. The molecule has 4 rings (SSSR count). The summed E-state index contributed by atoms with van der Waals surface area (Å²) < 4.78 is 38.0. The number of thiol groups is 1. The molecule has 0 aliphatic carbocycles. The number of halogens is 3. The molecular weight excluding hydrogens is 450 g/mol. The third-order valence-corrected chi connectivity index (χ3v) is 5.91. The lowest BCUT2D eigenvalue weighted by atomic mass is 9.94. The van der Waals surface area contributed by atoms with Gasteiger partial charge in [-0.1, -0.05) is 23.7 Å². The minimum Gasteiger partial charge on any atom is -0.465 e. The van der Waals surface area contributed by atoms with Gasteiger partial charge in [-0.2, -0.15) is 21.4 Å². The van der Waals surface area contributed by atoms with Crippen molar-refractivity contribution in [3.8, 4) is 5.75 Å². The number of aromatic nitrogens is 2. The fraction of sp³-hybridized carbons (Fsp3) is 0.333. The molecule has 0 saturated carbocycles. The van der Waals surface area contributed by atoms with Gasteiger partial charge in [-0.3, -0.25) is 4.79 Å². The third-order valence-electron chi connectivity index (χ3n) is 5.19. The van der Waals surface area contributed by atoms with Crippen LogP contribution in [0.25, 0.3) is 11.0 Å². The van der Waals surface area contributed by atoms with Crippen LogP contribution in [0.4, 0.5) is 8.78 Å². The summed E-state index contributed by atoms with van der Waals surface area (Å²) in [5.74, 6) is -0.338. The van der Waals surface area contributed by atoms with Crippen LogP contribution in [-0.4, -0.2) is 33.8 Å². The first kappa shape index (κ1) is 21.9. The number of esters is 1. The van der Waals surface area contributed by atoms with Gasteiger partial charge in [0.05, 0.1) is 23.7 Å². The van der Waals surface area contributed by atoms with Crippen LogP contribution in [0.3, 0.4) is 0 Å². The van der Waals surface area contributed by atoms with Crippen molar-refractivity contribution in [2.24, 2.45) is 0 Å². The molecule has 0 saturated heterocycles. The Hall–Kier alpha value is -2.36. The van der Waals surface area contributed by atoms with E-state index in [2.05, 4.69) is 17.6 Å². The highest BCUT2D eigenvalue weighted by molar-refractivity contribution is 7.81. The Bertz CT molecular complexity index is 1140. The third kappa shape index (κ3) is 3.97. The maximum Gasteiger partial charge on any atom is 0.387 e. The minimum absolute atomic E-state index is 0.107. The highest BCUT2D eigenvalue weighted by Gasteiger charge is 2.38. The molecule has 2 heterocycles. The summed E-state index contributed by atoms with van der Waals surface area (Å²) in [7, 11) is 0. The Kier molecular flexibility index (Phi) is 6.09. The first-order valence-corrected chi connectivity index (χ1v) is 10.5. The highest BCUT2D eigenvalue weighted by Crippen LogP contribution is 2.47. The van der Waals surface area contributed by atoms with E-state index in [9.17, 15) is 18.7 Å². The molecule has 1 aliphatic rings. The van der Waals surface area contributed by atoms with Crippen molar-refractivity contribution in [2.45, 2.75) is 37.4 Å². The zero-order valence-electron chi connectivity index (χ0n) is 16.3. The normalized spacial score (nSPS) is 18.9. The van der Waals surface area contributed by atoms with E-state index < -0.39 is 30.0 Å². The van der Waals surface area contributed by atoms with Crippen LogP contribution >= 0.6 is 24.2 Å². The number of aliphatic hydroxyl groups excluding tert-OH is 1. The van der Waals surface area contributed by atoms with Gasteiger partial charge >= 0.3 is 12.6 Å². The monoisotopic (exact) mass is 468 g/mol. The van der Waals surface area contributed by atoms with Gasteiger partial charge in [0, 0.05) is 17.0 Å². The number of hydrogen-bond acceptors (Lipinski definition) is 6. The average molecular weight is 469 g/mol. The summed E-state index contributed by atoms with van der Waals surface area (Å²) in [5.41, 5.74) is 1.90. The molecule has 1 aliphatic heterocycles. The van der Waals surface area contributed by atoms with Gasteiger partial charge in [0.25, 0.3) is 0 Å². The molecule has 0 spiro atoms. The summed E-state index contributed by atoms with van der Waals surface area (Å²) >= 11 is 10.6. The van der Waals surface area contributed by atoms with Gasteiger partial charge < -0.3 is 19.1 Å². The van der Waals surface area contributed by atoms with Crippen molar-refractivity contribution in [2.75, 3.05) is 6.61 Å². The second-order valence-electron chi connectivity index (χ2n) is 7.03. The van der Waals surface area contributed by atoms with E-state index in [1.54, 1.807) is 35.8 Å². The Balaban J connectivity index is 1.93. The van der Waals surface area contributed by atoms with Crippen molar-refractivity contribution >= 4 is 41.2 Å². The fourth-order valence-corrected chi connectivity index (χ4v) is 4.49. The van der Waals surface area contributed by atoms with E-state index in [-0.39, 0.29) is 18.8 Å². The van der Waals surface area contributed by atoms with Crippen LogP contribution in [0.2, 0.25) is 5.02 Å². The lowest BCUT2D eigenvalue weighted by Gasteiger charge is -2.24. The van der Waals surface area contributed by atoms with Crippen molar-refractivity contribution in [3.63, 3.8) is 0 Å². The van der Waals surface area contributed by atoms with Crippen molar-refractivity contribution in [1.29, 1.82) is 0 Å². The van der Waals surface area contributed by atoms with Crippen molar-refractivity contribution < 1.29 is 28.2 Å². The fourth-order valence-electron chi connectivity index (χ4n) is 4.02. The quantitative estimate of drug-likeness (QED) is 0.399. The van der Waals surface area contributed by atoms with E-state index in [0.717, 1.165) is 0 Å². The first-order chi connectivity index (χ1) is 14.8. The second kappa shape index (κ2) is 8.64. The smallest absolute Gasteiger partial charge is 0.387 e. The lowest BCUT2D eigenvalue weighted by Crippen LogP contribution is -2.18. The predicted octanol–water partition coefficient (Wildman–Crippen LogP) is 4.85. The number of carbonyl (C=O) groups excluding carboxylic acids is 1. The molecule has 6 nitrogen and oxygen atoms in total. The van der Waals surface area contributed by atoms with Gasteiger partial charge in [-0.15, -0.1) is 0 Å². The Morgan fingerprint density at radius 2 is 2.16 bits per heavy atom. The SMILES string of the molecule is CCOC(=O)C(S)c1cccc(OC(F)F)c1[C@H]1C[C@H](O)c2nc3ccc(Cl)cc3n21. The van der Waals surface area contributed by atoms with Gasteiger partial charge in [-0.25, -0.2) is 4.98 Å². The van der Waals surface area contributed by atoms with E-state index >= 15 is 0 Å². The van der Waals surface area contributed by atoms with Crippen molar-refractivity contribution in [1.82, 2.24) is 9.55 Å². The number of hydrogen-bond donors (Lipinski definition) is 2. The number of fused-ring (bicyclic) bond motifs is 3. The van der Waals surface area contributed by atoms with E-state index in [1.807, 2.05) is 0 Å². The van der Waals surface area contributed by atoms with Crippen LogP contribution in [0, 0.1) is 0 Å². The zero-order chi connectivity index (χ0) is 22.3. The van der Waals surface area contributed by atoms with E-state index in [4.69, 9.17) is 21.1 Å². The summed E-state index contributed by atoms with van der Waals surface area (Å²) in [6.45, 7) is -1.26. The summed E-state index contributed by atoms with van der Waals surface area (Å²) in [5, 5.41) is 10.1. The lowest BCUT2D eigenvalue weighted by molar-refractivity contribution is -0.142. The molecule has 3 aromatic rings. The molecule has 1 N–H and O–H groups in total. The van der Waals surface area contributed by atoms with Crippen molar-refractivity contribution in [3.05, 3.63) is 58.4 Å². The summed E-state index contributed by atoms with van der Waals surface area (Å²) in [6, 6.07) is 8.97. The Labute approximate surface area is 187 Å². The zero-order valence-corrected chi connectivity index (χ0v) is 18.0. The maximum absolute atomic E-state index is 13.2. The van der Waals surface area contributed by atoms with Crippen LogP contribution in [0.15, 0.2) is 36.4 Å². The number of carbonyl (C=O) groups is 1. The number of nitrogens with zero attached hydrogens (tertiary/aromatic N) is 2. The molecule has 0 amide bonds. The molecule has 2 aromatic carbocycles. The summed E-state index contributed by atoms with van der Waals surface area (Å²) in [6.07, 6.45) is -0.783. The number of alkyl halides is 2. The molecule has 164 valence electrons. The van der Waals surface area contributed by atoms with Gasteiger partial charge in [0.15, 0.2) is 0 Å². The molecule has 1 aromatic heterocycles. The maximum atomic E-state index is 13.2. The average Bonchev–Trinajstić information content (AvgIpc) is 3.24. The molecule has 0 bridgehead atoms. The molecule has 3 atom stereocenters. The molecule has 10 heteroatoms. The standard InChI is InChI=1S/C21H19ClF2N2O4S/c1-2-29-20(28)18(31)11-4-3-5-16(30-21(23)24)17(11)14-9-15(27)19-25-12-7-6-10(22)8-13(12)26(14)19/h3-8,14-15,18,21,27,31H,2,9H2,1H3/t14-,15+,18?/m1/s1. The van der Waals surface area contributed by atoms with Crippen LogP contribution in [0.5, 0.6) is 5.75 Å². The largest absolute Gasteiger partial charge is 0.465 e. The van der Waals surface area contributed by atoms with Gasteiger partial charge in [0.2, 0.25) is 0 Å². The molecule has 0 fully saturated rings. The molecule has 1 unspecified atom stereocenters. The Morgan fingerprint density at radius 3 is 2.87 bits per heavy atom. The van der Waals surface area contributed by atoms with Crippen LogP contribution < -0.4 is 4.74 Å². The number of imidazole rings is 1. The first-order valence-electron chi connectivity index (χ1n) is 9.59. The topological polar surface area (TPSA) is 73.6 Å². The second-order valence-corrected chi connectivity index (χ2v) is 7.99. The van der Waals surface area contributed by atoms with Crippen LogP contribution in [0.1, 0.15) is 47.7 Å². The Morgan fingerprint density at radius 1 is 1.39 bits per heavy atom. The van der Waals surface area contributed by atoms with Gasteiger partial charge in [0.1, 0.15) is 22.9 Å². The minimum atomic E-state index is -3.07. The molecular formula is C21H19ClF2N2O4S. The number of aliphatic hydroxyl groups is 1. The summed E-state index contributed by atoms with van der Waals surface area (Å²) in [4.78, 5) is 16.9. The van der Waals surface area contributed by atoms with Crippen LogP contribution in [-0.2, 0) is 9.53 Å². The van der Waals surface area contributed by atoms with Gasteiger partial charge in [-0.05, 0) is 36.8 Å². The molecule has 31 heavy (non-hydrogen) atoms. The van der Waals surface area contributed by atoms with E-state index in [1.165, 1.54) is 12.1 Å². The molecule has 0 radical (unpaired) electrons. The highest BCUT2D eigenvalue weighted by atomic mass is 35.5. The van der Waals surface area contributed by atoms with E-state index in [0.29, 0.717) is 33.0 Å². The predicted molar refractivity (Wildman–Crippen MR) is 114 cm³/mol. The number of benzene rings is 2. The number of ether oxygens (including phenoxy) is 2.